The van der Waals surface area contributed by atoms with E-state index in [1.54, 1.807) is 0 Å². The van der Waals surface area contributed by atoms with Crippen LogP contribution in [0.4, 0.5) is 14.5 Å². The highest BCUT2D eigenvalue weighted by Gasteiger charge is 2.15. The lowest BCUT2D eigenvalue weighted by Gasteiger charge is -2.08. The summed E-state index contributed by atoms with van der Waals surface area (Å²) in [5.74, 6) is -2.31. The third kappa shape index (κ3) is 2.67. The zero-order valence-electron chi connectivity index (χ0n) is 9.98. The molecule has 2 rings (SSSR count). The monoisotopic (exact) mass is 264 g/mol. The van der Waals surface area contributed by atoms with Gasteiger partial charge in [0.2, 0.25) is 5.88 Å². The number of aromatic nitrogens is 1. The molecule has 0 bridgehead atoms. The Bertz CT molecular complexity index is 624. The normalized spacial score (nSPS) is 10.3. The van der Waals surface area contributed by atoms with Gasteiger partial charge in [0.05, 0.1) is 16.9 Å². The topological polar surface area (TPSA) is 65.2 Å². The Morgan fingerprint density at radius 2 is 1.84 bits per heavy atom. The van der Waals surface area contributed by atoms with Crippen LogP contribution in [0.15, 0.2) is 30.3 Å². The maximum atomic E-state index is 13.6. The van der Waals surface area contributed by atoms with Crippen LogP contribution >= 0.6 is 0 Å². The molecule has 1 heterocycles. The van der Waals surface area contributed by atoms with Crippen LogP contribution in [0.25, 0.3) is 11.3 Å². The average molecular weight is 264 g/mol. The van der Waals surface area contributed by atoms with Gasteiger partial charge in [0.15, 0.2) is 0 Å². The molecule has 0 saturated carbocycles. The number of carbonyl (C=O) groups is 1. The van der Waals surface area contributed by atoms with Gasteiger partial charge in [0.25, 0.3) is 0 Å². The van der Waals surface area contributed by atoms with E-state index < -0.39 is 17.6 Å². The van der Waals surface area contributed by atoms with E-state index in [0.717, 1.165) is 12.1 Å². The van der Waals surface area contributed by atoms with E-state index in [2.05, 4.69) is 4.98 Å². The van der Waals surface area contributed by atoms with Crippen molar-refractivity contribution in [3.63, 3.8) is 0 Å². The fourth-order valence-electron chi connectivity index (χ4n) is 1.55. The number of hydrogen-bond donors (Lipinski definition) is 1. The van der Waals surface area contributed by atoms with Crippen molar-refractivity contribution in [3.05, 3.63) is 42.0 Å². The number of esters is 1. The number of pyridine rings is 1. The van der Waals surface area contributed by atoms with Crippen LogP contribution in [-0.2, 0) is 4.79 Å². The molecule has 0 atom stereocenters. The van der Waals surface area contributed by atoms with Gasteiger partial charge in [0.1, 0.15) is 11.6 Å². The molecule has 0 aliphatic carbocycles. The second kappa shape index (κ2) is 5.01. The number of benzene rings is 1. The molecule has 2 N–H and O–H groups in total. The molecule has 0 unspecified atom stereocenters. The third-order valence-electron chi connectivity index (χ3n) is 2.35. The Morgan fingerprint density at radius 1 is 1.21 bits per heavy atom. The number of rotatable bonds is 2. The molecule has 0 spiro atoms. The maximum Gasteiger partial charge on any atom is 0.309 e. The summed E-state index contributed by atoms with van der Waals surface area (Å²) in [5.41, 5.74) is 5.38. The number of halogens is 2. The smallest absolute Gasteiger partial charge is 0.309 e. The van der Waals surface area contributed by atoms with Gasteiger partial charge in [-0.25, -0.2) is 13.8 Å². The molecule has 4 nitrogen and oxygen atoms in total. The second-order valence-corrected chi connectivity index (χ2v) is 3.78. The molecule has 1 aromatic heterocycles. The Morgan fingerprint density at radius 3 is 2.42 bits per heavy atom. The van der Waals surface area contributed by atoms with Crippen LogP contribution in [0.5, 0.6) is 5.88 Å². The van der Waals surface area contributed by atoms with E-state index in [1.807, 2.05) is 0 Å². The van der Waals surface area contributed by atoms with Crippen LogP contribution in [0.3, 0.4) is 0 Å². The summed E-state index contributed by atoms with van der Waals surface area (Å²) in [5, 5.41) is 0. The van der Waals surface area contributed by atoms with Gasteiger partial charge in [-0.1, -0.05) is 6.07 Å². The fraction of sp³-hybridized carbons (Fsp3) is 0.0769. The van der Waals surface area contributed by atoms with Gasteiger partial charge in [0, 0.05) is 6.92 Å². The SMILES string of the molecule is CC(=O)Oc1nc(-c2c(F)cccc2F)ccc1N. The fourth-order valence-corrected chi connectivity index (χ4v) is 1.55. The first-order valence-corrected chi connectivity index (χ1v) is 5.38. The van der Waals surface area contributed by atoms with Gasteiger partial charge in [-0.05, 0) is 24.3 Å². The second-order valence-electron chi connectivity index (χ2n) is 3.78. The number of hydrogen-bond acceptors (Lipinski definition) is 4. The van der Waals surface area contributed by atoms with Crippen LogP contribution in [0.2, 0.25) is 0 Å². The summed E-state index contributed by atoms with van der Waals surface area (Å²) >= 11 is 0. The molecule has 0 saturated heterocycles. The van der Waals surface area contributed by atoms with Crippen LogP contribution in [0, 0.1) is 11.6 Å². The van der Waals surface area contributed by atoms with Crippen molar-refractivity contribution in [2.45, 2.75) is 6.92 Å². The van der Waals surface area contributed by atoms with Crippen molar-refractivity contribution in [3.8, 4) is 17.1 Å². The molecule has 6 heteroatoms. The standard InChI is InChI=1S/C13H10F2N2O2/c1-7(18)19-13-10(16)5-6-11(17-13)12-8(14)3-2-4-9(12)15/h2-6H,16H2,1H3. The minimum atomic E-state index is -0.758. The van der Waals surface area contributed by atoms with Crippen molar-refractivity contribution in [2.75, 3.05) is 5.73 Å². The summed E-state index contributed by atoms with van der Waals surface area (Å²) in [7, 11) is 0. The summed E-state index contributed by atoms with van der Waals surface area (Å²) in [4.78, 5) is 14.7. The van der Waals surface area contributed by atoms with Crippen molar-refractivity contribution in [2.24, 2.45) is 0 Å². The molecule has 98 valence electrons. The van der Waals surface area contributed by atoms with Crippen LogP contribution in [-0.4, -0.2) is 11.0 Å². The summed E-state index contributed by atoms with van der Waals surface area (Å²) in [6.45, 7) is 1.18. The molecule has 0 aliphatic rings. The molecular weight excluding hydrogens is 254 g/mol. The molecule has 0 aliphatic heterocycles. The lowest BCUT2D eigenvalue weighted by molar-refractivity contribution is -0.132. The number of anilines is 1. The Labute approximate surface area is 107 Å². The average Bonchev–Trinajstić information content (AvgIpc) is 2.32. The number of ether oxygens (including phenoxy) is 1. The van der Waals surface area contributed by atoms with E-state index in [9.17, 15) is 13.6 Å². The highest BCUT2D eigenvalue weighted by Crippen LogP contribution is 2.28. The zero-order chi connectivity index (χ0) is 14.0. The first-order chi connectivity index (χ1) is 8.99. The summed E-state index contributed by atoms with van der Waals surface area (Å²) in [6.07, 6.45) is 0. The minimum Gasteiger partial charge on any atom is -0.405 e. The van der Waals surface area contributed by atoms with Gasteiger partial charge in [-0.3, -0.25) is 4.79 Å². The summed E-state index contributed by atoms with van der Waals surface area (Å²) < 4.78 is 32.0. The molecule has 1 aromatic carbocycles. The molecular formula is C13H10F2N2O2. The molecule has 0 amide bonds. The largest absolute Gasteiger partial charge is 0.405 e. The van der Waals surface area contributed by atoms with Crippen molar-refractivity contribution >= 4 is 11.7 Å². The lowest BCUT2D eigenvalue weighted by Crippen LogP contribution is -2.06. The lowest BCUT2D eigenvalue weighted by atomic mass is 10.1. The van der Waals surface area contributed by atoms with Gasteiger partial charge < -0.3 is 10.5 Å². The predicted molar refractivity (Wildman–Crippen MR) is 65.3 cm³/mol. The van der Waals surface area contributed by atoms with E-state index >= 15 is 0 Å². The zero-order valence-corrected chi connectivity index (χ0v) is 9.98. The summed E-state index contributed by atoms with van der Waals surface area (Å²) in [6, 6.07) is 6.19. The molecule has 0 fully saturated rings. The van der Waals surface area contributed by atoms with E-state index in [1.165, 1.54) is 25.1 Å². The van der Waals surface area contributed by atoms with E-state index in [0.29, 0.717) is 0 Å². The molecule has 2 aromatic rings. The molecule has 19 heavy (non-hydrogen) atoms. The van der Waals surface area contributed by atoms with E-state index in [-0.39, 0.29) is 22.8 Å². The highest BCUT2D eigenvalue weighted by molar-refractivity contribution is 5.72. The third-order valence-corrected chi connectivity index (χ3v) is 2.35. The van der Waals surface area contributed by atoms with Crippen LogP contribution in [0.1, 0.15) is 6.92 Å². The quantitative estimate of drug-likeness (QED) is 0.846. The minimum absolute atomic E-state index is 0.000972. The van der Waals surface area contributed by atoms with Gasteiger partial charge >= 0.3 is 5.97 Å². The predicted octanol–water partition coefficient (Wildman–Crippen LogP) is 2.53. The van der Waals surface area contributed by atoms with Crippen molar-refractivity contribution in [1.29, 1.82) is 0 Å². The molecule has 0 radical (unpaired) electrons. The first kappa shape index (κ1) is 12.9. The Balaban J connectivity index is 2.54. The van der Waals surface area contributed by atoms with Crippen molar-refractivity contribution < 1.29 is 18.3 Å². The first-order valence-electron chi connectivity index (χ1n) is 5.38. The van der Waals surface area contributed by atoms with E-state index in [4.69, 9.17) is 10.5 Å². The van der Waals surface area contributed by atoms with Crippen molar-refractivity contribution in [1.82, 2.24) is 4.98 Å². The Hall–Kier alpha value is -2.50. The van der Waals surface area contributed by atoms with Gasteiger partial charge in [-0.15, -0.1) is 0 Å². The number of nitrogens with zero attached hydrogens (tertiary/aromatic N) is 1. The maximum absolute atomic E-state index is 13.6. The Kier molecular flexibility index (Phi) is 3.41. The number of nitrogens with two attached hydrogens (primary N) is 1. The number of carbonyl (C=O) groups excluding carboxylic acids is 1. The van der Waals surface area contributed by atoms with Gasteiger partial charge in [-0.2, -0.15) is 0 Å². The number of nitrogen functional groups attached to an aromatic ring is 1. The van der Waals surface area contributed by atoms with Crippen LogP contribution < -0.4 is 10.5 Å². The highest BCUT2D eigenvalue weighted by atomic mass is 19.1.